The first-order valence-corrected chi connectivity index (χ1v) is 5.26. The van der Waals surface area contributed by atoms with Crippen LogP contribution in [0.5, 0.6) is 0 Å². The van der Waals surface area contributed by atoms with E-state index in [2.05, 4.69) is 9.99 Å². The van der Waals surface area contributed by atoms with Gasteiger partial charge in [-0.15, -0.1) is 24.8 Å². The number of carbonyl (C=O) groups is 1. The van der Waals surface area contributed by atoms with Crippen LogP contribution in [0.4, 0.5) is 0 Å². The average molecular weight is 304 g/mol. The molecule has 0 saturated heterocycles. The second kappa shape index (κ2) is 12.7. The SMILES string of the molecule is CO/N=C(\C)N(C)CCCC[C@H](N)C(=O)O.Cl.Cl. The fourth-order valence-corrected chi connectivity index (χ4v) is 1.20. The maximum Gasteiger partial charge on any atom is 0.320 e. The van der Waals surface area contributed by atoms with Crippen molar-refractivity contribution in [2.75, 3.05) is 20.7 Å². The van der Waals surface area contributed by atoms with Crippen molar-refractivity contribution in [3.63, 3.8) is 0 Å². The van der Waals surface area contributed by atoms with Gasteiger partial charge in [-0.2, -0.15) is 0 Å². The molecule has 0 rings (SSSR count). The Hall–Kier alpha value is -0.720. The summed E-state index contributed by atoms with van der Waals surface area (Å²) in [6, 6.07) is -0.751. The number of aliphatic carboxylic acids is 1. The van der Waals surface area contributed by atoms with E-state index in [-0.39, 0.29) is 24.8 Å². The minimum atomic E-state index is -0.939. The number of oxime groups is 1. The molecule has 18 heavy (non-hydrogen) atoms. The molecule has 6 nitrogen and oxygen atoms in total. The van der Waals surface area contributed by atoms with Crippen LogP contribution in [0.2, 0.25) is 0 Å². The zero-order chi connectivity index (χ0) is 12.6. The summed E-state index contributed by atoms with van der Waals surface area (Å²) in [6.07, 6.45) is 2.18. The van der Waals surface area contributed by atoms with E-state index in [1.54, 1.807) is 0 Å². The van der Waals surface area contributed by atoms with Crippen LogP contribution >= 0.6 is 24.8 Å². The number of halogens is 2. The lowest BCUT2D eigenvalue weighted by Gasteiger charge is -2.17. The molecule has 0 aliphatic rings. The van der Waals surface area contributed by atoms with Gasteiger partial charge in [0.05, 0.1) is 0 Å². The highest BCUT2D eigenvalue weighted by Crippen LogP contribution is 2.01. The Bertz CT molecular complexity index is 253. The largest absolute Gasteiger partial charge is 0.480 e. The van der Waals surface area contributed by atoms with Gasteiger partial charge in [-0.25, -0.2) is 0 Å². The second-order valence-corrected chi connectivity index (χ2v) is 3.68. The van der Waals surface area contributed by atoms with Crippen molar-refractivity contribution in [1.82, 2.24) is 4.90 Å². The van der Waals surface area contributed by atoms with Gasteiger partial charge >= 0.3 is 5.97 Å². The Kier molecular flexibility index (Phi) is 15.9. The number of nitrogens with zero attached hydrogens (tertiary/aromatic N) is 2. The lowest BCUT2D eigenvalue weighted by Crippen LogP contribution is -2.30. The highest BCUT2D eigenvalue weighted by atomic mass is 35.5. The van der Waals surface area contributed by atoms with Crippen LogP contribution in [-0.2, 0) is 9.63 Å². The molecule has 0 aromatic rings. The van der Waals surface area contributed by atoms with Crippen molar-refractivity contribution >= 4 is 36.6 Å². The van der Waals surface area contributed by atoms with Gasteiger partial charge in [0.2, 0.25) is 0 Å². The standard InChI is InChI=1S/C10H21N3O3.2ClH/c1-8(12-16-3)13(2)7-5-4-6-9(11)10(14)15;;/h9H,4-7,11H2,1-3H3,(H,14,15);2*1H/b12-8+;;/t9-;;/m0../s1. The maximum atomic E-state index is 10.4. The average Bonchev–Trinajstić information content (AvgIpc) is 2.23. The Morgan fingerprint density at radius 3 is 2.44 bits per heavy atom. The van der Waals surface area contributed by atoms with E-state index < -0.39 is 12.0 Å². The Labute approximate surface area is 120 Å². The summed E-state index contributed by atoms with van der Waals surface area (Å²) >= 11 is 0. The summed E-state index contributed by atoms with van der Waals surface area (Å²) < 4.78 is 0. The van der Waals surface area contributed by atoms with E-state index in [9.17, 15) is 4.79 Å². The number of hydrogen-bond donors (Lipinski definition) is 2. The number of carboxylic acid groups (broad SMARTS) is 1. The monoisotopic (exact) mass is 303 g/mol. The third-order valence-corrected chi connectivity index (χ3v) is 2.35. The lowest BCUT2D eigenvalue weighted by atomic mass is 10.1. The smallest absolute Gasteiger partial charge is 0.320 e. The number of amidine groups is 1. The van der Waals surface area contributed by atoms with Crippen LogP contribution in [0.3, 0.4) is 0 Å². The maximum absolute atomic E-state index is 10.4. The third kappa shape index (κ3) is 10.4. The molecule has 0 heterocycles. The second-order valence-electron chi connectivity index (χ2n) is 3.68. The number of rotatable bonds is 7. The minimum absolute atomic E-state index is 0. The zero-order valence-electron chi connectivity index (χ0n) is 11.0. The van der Waals surface area contributed by atoms with Crippen molar-refractivity contribution in [3.05, 3.63) is 0 Å². The van der Waals surface area contributed by atoms with Gasteiger partial charge < -0.3 is 20.6 Å². The van der Waals surface area contributed by atoms with Crippen LogP contribution in [0, 0.1) is 0 Å². The molecule has 0 spiro atoms. The van der Waals surface area contributed by atoms with Crippen molar-refractivity contribution in [1.29, 1.82) is 0 Å². The molecule has 0 aliphatic heterocycles. The molecule has 0 bridgehead atoms. The van der Waals surface area contributed by atoms with E-state index in [0.717, 1.165) is 25.2 Å². The number of nitrogens with two attached hydrogens (primary N) is 1. The van der Waals surface area contributed by atoms with Crippen LogP contribution < -0.4 is 5.73 Å². The van der Waals surface area contributed by atoms with Gasteiger partial charge in [0.25, 0.3) is 0 Å². The molecule has 0 aromatic carbocycles. The predicted molar refractivity (Wildman–Crippen MR) is 76.7 cm³/mol. The Morgan fingerprint density at radius 1 is 1.44 bits per heavy atom. The summed E-state index contributed by atoms with van der Waals surface area (Å²) in [5, 5.41) is 12.4. The molecule has 1 atom stereocenters. The molecule has 0 amide bonds. The van der Waals surface area contributed by atoms with Gasteiger partial charge in [-0.05, 0) is 26.2 Å². The van der Waals surface area contributed by atoms with Gasteiger partial charge in [0.1, 0.15) is 19.0 Å². The van der Waals surface area contributed by atoms with Crippen molar-refractivity contribution in [2.24, 2.45) is 10.9 Å². The highest BCUT2D eigenvalue weighted by molar-refractivity contribution is 5.85. The minimum Gasteiger partial charge on any atom is -0.480 e. The fraction of sp³-hybridized carbons (Fsp3) is 0.800. The molecule has 110 valence electrons. The molecule has 0 aromatic heterocycles. The zero-order valence-corrected chi connectivity index (χ0v) is 12.6. The van der Waals surface area contributed by atoms with Gasteiger partial charge in [-0.1, -0.05) is 5.16 Å². The van der Waals surface area contributed by atoms with E-state index >= 15 is 0 Å². The first-order valence-electron chi connectivity index (χ1n) is 5.26. The normalized spacial score (nSPS) is 11.9. The van der Waals surface area contributed by atoms with Crippen LogP contribution in [0.15, 0.2) is 5.16 Å². The first kappa shape index (κ1) is 22.5. The molecule has 0 aliphatic carbocycles. The number of hydrogen-bond acceptors (Lipinski definition) is 4. The highest BCUT2D eigenvalue weighted by Gasteiger charge is 2.10. The van der Waals surface area contributed by atoms with Crippen molar-refractivity contribution < 1.29 is 14.7 Å². The van der Waals surface area contributed by atoms with E-state index in [4.69, 9.17) is 10.8 Å². The van der Waals surface area contributed by atoms with E-state index in [0.29, 0.717) is 6.42 Å². The fourth-order valence-electron chi connectivity index (χ4n) is 1.20. The molecule has 0 saturated carbocycles. The van der Waals surface area contributed by atoms with Crippen molar-refractivity contribution in [3.8, 4) is 0 Å². The number of carboxylic acids is 1. The summed E-state index contributed by atoms with van der Waals surface area (Å²) in [6.45, 7) is 2.66. The van der Waals surface area contributed by atoms with Crippen molar-refractivity contribution in [2.45, 2.75) is 32.2 Å². The third-order valence-electron chi connectivity index (χ3n) is 2.35. The van der Waals surface area contributed by atoms with E-state index in [1.807, 2.05) is 18.9 Å². The lowest BCUT2D eigenvalue weighted by molar-refractivity contribution is -0.138. The Morgan fingerprint density at radius 2 is 2.00 bits per heavy atom. The van der Waals surface area contributed by atoms with Gasteiger partial charge in [0.15, 0.2) is 0 Å². The molecule has 0 radical (unpaired) electrons. The molecule has 8 heteroatoms. The molecule has 0 fully saturated rings. The number of unbranched alkanes of at least 4 members (excludes halogenated alkanes) is 1. The van der Waals surface area contributed by atoms with Gasteiger partial charge in [0, 0.05) is 13.6 Å². The molecular weight excluding hydrogens is 281 g/mol. The van der Waals surface area contributed by atoms with Crippen LogP contribution in [0.1, 0.15) is 26.2 Å². The summed E-state index contributed by atoms with van der Waals surface area (Å²) in [5.41, 5.74) is 5.38. The molecule has 3 N–H and O–H groups in total. The van der Waals surface area contributed by atoms with E-state index in [1.165, 1.54) is 7.11 Å². The van der Waals surface area contributed by atoms with Gasteiger partial charge in [-0.3, -0.25) is 4.79 Å². The quantitative estimate of drug-likeness (QED) is 0.320. The Balaban J connectivity index is -0.00000112. The summed E-state index contributed by atoms with van der Waals surface area (Å²) in [7, 11) is 3.41. The molecule has 0 unspecified atom stereocenters. The summed E-state index contributed by atoms with van der Waals surface area (Å²) in [4.78, 5) is 17.1. The molecular formula is C10H23Cl2N3O3. The van der Waals surface area contributed by atoms with Crippen LogP contribution in [-0.4, -0.2) is 48.6 Å². The predicted octanol–water partition coefficient (Wildman–Crippen LogP) is 1.32. The topological polar surface area (TPSA) is 88.1 Å². The summed E-state index contributed by atoms with van der Waals surface area (Å²) in [5.74, 6) is -0.143. The first-order chi connectivity index (χ1) is 7.49. The van der Waals surface area contributed by atoms with Crippen LogP contribution in [0.25, 0.3) is 0 Å².